The molecule has 0 bridgehead atoms. The lowest BCUT2D eigenvalue weighted by atomic mass is 10.2. The summed E-state index contributed by atoms with van der Waals surface area (Å²) in [6.45, 7) is 4.33. The molecular formula is C14H17BrN4. The van der Waals surface area contributed by atoms with Crippen molar-refractivity contribution in [3.63, 3.8) is 0 Å². The van der Waals surface area contributed by atoms with Gasteiger partial charge in [-0.1, -0.05) is 6.07 Å². The van der Waals surface area contributed by atoms with Crippen molar-refractivity contribution in [3.8, 4) is 0 Å². The van der Waals surface area contributed by atoms with Crippen LogP contribution >= 0.6 is 15.9 Å². The molecule has 19 heavy (non-hydrogen) atoms. The lowest BCUT2D eigenvalue weighted by Crippen LogP contribution is -2.25. The number of hydrogen-bond donors (Lipinski definition) is 1. The van der Waals surface area contributed by atoms with Gasteiger partial charge in [-0.05, 0) is 48.0 Å². The summed E-state index contributed by atoms with van der Waals surface area (Å²) in [6.07, 6.45) is 3.44. The molecule has 1 aromatic heterocycles. The van der Waals surface area contributed by atoms with E-state index in [0.29, 0.717) is 12.0 Å². The number of aromatic nitrogens is 2. The molecule has 0 amide bonds. The van der Waals surface area contributed by atoms with E-state index in [2.05, 4.69) is 69.1 Å². The molecule has 0 unspecified atom stereocenters. The van der Waals surface area contributed by atoms with Gasteiger partial charge in [-0.25, -0.2) is 9.97 Å². The molecule has 0 aliphatic rings. The number of halogens is 1. The average molecular weight is 321 g/mol. The van der Waals surface area contributed by atoms with Crippen LogP contribution in [-0.4, -0.2) is 23.1 Å². The summed E-state index contributed by atoms with van der Waals surface area (Å²) in [4.78, 5) is 10.6. The van der Waals surface area contributed by atoms with E-state index in [-0.39, 0.29) is 0 Å². The molecular weight excluding hydrogens is 304 g/mol. The quantitative estimate of drug-likeness (QED) is 0.929. The Bertz CT molecular complexity index is 539. The third-order valence-corrected chi connectivity index (χ3v) is 3.31. The Labute approximate surface area is 122 Å². The molecule has 0 aliphatic heterocycles. The number of benzene rings is 1. The summed E-state index contributed by atoms with van der Waals surface area (Å²) in [7, 11) is 2.08. The van der Waals surface area contributed by atoms with Crippen molar-refractivity contribution in [3.05, 3.63) is 41.1 Å². The molecule has 0 saturated heterocycles. The lowest BCUT2D eigenvalue weighted by Gasteiger charge is -2.24. The first-order valence-corrected chi connectivity index (χ1v) is 6.93. The van der Waals surface area contributed by atoms with Gasteiger partial charge in [0.2, 0.25) is 5.95 Å². The van der Waals surface area contributed by atoms with E-state index in [0.717, 1.165) is 15.8 Å². The van der Waals surface area contributed by atoms with Crippen LogP contribution in [0.4, 0.5) is 17.3 Å². The van der Waals surface area contributed by atoms with E-state index in [1.165, 1.54) is 0 Å². The van der Waals surface area contributed by atoms with Crippen LogP contribution in [0.5, 0.6) is 0 Å². The highest BCUT2D eigenvalue weighted by molar-refractivity contribution is 9.10. The van der Waals surface area contributed by atoms with Crippen molar-refractivity contribution in [2.24, 2.45) is 0 Å². The zero-order chi connectivity index (χ0) is 13.8. The monoisotopic (exact) mass is 320 g/mol. The SMILES string of the molecule is CC(C)N(C)c1cccc(Nc2ncc(Br)cn2)c1. The Morgan fingerprint density at radius 3 is 2.53 bits per heavy atom. The Morgan fingerprint density at radius 2 is 1.89 bits per heavy atom. The van der Waals surface area contributed by atoms with E-state index < -0.39 is 0 Å². The van der Waals surface area contributed by atoms with Crippen LogP contribution in [0.15, 0.2) is 41.1 Å². The number of hydrogen-bond acceptors (Lipinski definition) is 4. The van der Waals surface area contributed by atoms with Crippen LogP contribution in [0.25, 0.3) is 0 Å². The molecule has 0 atom stereocenters. The Balaban J connectivity index is 2.17. The second-order valence-electron chi connectivity index (χ2n) is 4.60. The Morgan fingerprint density at radius 1 is 1.21 bits per heavy atom. The Hall–Kier alpha value is -1.62. The maximum atomic E-state index is 4.20. The van der Waals surface area contributed by atoms with Crippen LogP contribution in [0.3, 0.4) is 0 Å². The van der Waals surface area contributed by atoms with Crippen molar-refractivity contribution in [2.75, 3.05) is 17.3 Å². The van der Waals surface area contributed by atoms with E-state index in [1.807, 2.05) is 12.1 Å². The number of rotatable bonds is 4. The minimum Gasteiger partial charge on any atom is -0.372 e. The topological polar surface area (TPSA) is 41.0 Å². The molecule has 0 saturated carbocycles. The standard InChI is InChI=1S/C14H17BrN4/c1-10(2)19(3)13-6-4-5-12(7-13)18-14-16-8-11(15)9-17-14/h4-10H,1-3H3,(H,16,17,18). The van der Waals surface area contributed by atoms with E-state index in [4.69, 9.17) is 0 Å². The minimum absolute atomic E-state index is 0.458. The molecule has 2 aromatic rings. The van der Waals surface area contributed by atoms with Gasteiger partial charge in [0, 0.05) is 36.9 Å². The van der Waals surface area contributed by atoms with Gasteiger partial charge in [0.05, 0.1) is 4.47 Å². The Kier molecular flexibility index (Phi) is 4.37. The van der Waals surface area contributed by atoms with Gasteiger partial charge in [0.15, 0.2) is 0 Å². The second kappa shape index (κ2) is 6.02. The smallest absolute Gasteiger partial charge is 0.227 e. The third kappa shape index (κ3) is 3.67. The van der Waals surface area contributed by atoms with E-state index in [1.54, 1.807) is 12.4 Å². The van der Waals surface area contributed by atoms with Crippen LogP contribution in [0.1, 0.15) is 13.8 Å². The van der Waals surface area contributed by atoms with Gasteiger partial charge < -0.3 is 10.2 Å². The summed E-state index contributed by atoms with van der Waals surface area (Å²) in [5.74, 6) is 0.590. The molecule has 2 rings (SSSR count). The second-order valence-corrected chi connectivity index (χ2v) is 5.52. The van der Waals surface area contributed by atoms with Crippen molar-refractivity contribution in [1.82, 2.24) is 9.97 Å². The maximum absolute atomic E-state index is 4.20. The average Bonchev–Trinajstić information content (AvgIpc) is 2.41. The first-order chi connectivity index (χ1) is 9.06. The predicted molar refractivity (Wildman–Crippen MR) is 83.0 cm³/mol. The fraction of sp³-hybridized carbons (Fsp3) is 0.286. The lowest BCUT2D eigenvalue weighted by molar-refractivity contribution is 0.755. The van der Waals surface area contributed by atoms with Crippen molar-refractivity contribution >= 4 is 33.3 Å². The highest BCUT2D eigenvalue weighted by Gasteiger charge is 2.06. The van der Waals surface area contributed by atoms with Crippen molar-refractivity contribution in [2.45, 2.75) is 19.9 Å². The maximum Gasteiger partial charge on any atom is 0.227 e. The number of nitrogens with one attached hydrogen (secondary N) is 1. The summed E-state index contributed by atoms with van der Waals surface area (Å²) < 4.78 is 0.867. The minimum atomic E-state index is 0.458. The van der Waals surface area contributed by atoms with Crippen LogP contribution < -0.4 is 10.2 Å². The summed E-state index contributed by atoms with van der Waals surface area (Å²) >= 11 is 3.32. The summed E-state index contributed by atoms with van der Waals surface area (Å²) in [5.41, 5.74) is 2.14. The predicted octanol–water partition coefficient (Wildman–Crippen LogP) is 3.83. The summed E-state index contributed by atoms with van der Waals surface area (Å²) in [5, 5.41) is 3.20. The van der Waals surface area contributed by atoms with Crippen LogP contribution in [0.2, 0.25) is 0 Å². The molecule has 0 aliphatic carbocycles. The highest BCUT2D eigenvalue weighted by Crippen LogP contribution is 2.22. The zero-order valence-corrected chi connectivity index (χ0v) is 12.8. The van der Waals surface area contributed by atoms with Crippen molar-refractivity contribution < 1.29 is 0 Å². The number of nitrogens with zero attached hydrogens (tertiary/aromatic N) is 3. The highest BCUT2D eigenvalue weighted by atomic mass is 79.9. The molecule has 4 nitrogen and oxygen atoms in total. The molecule has 0 radical (unpaired) electrons. The molecule has 1 aromatic carbocycles. The van der Waals surface area contributed by atoms with Gasteiger partial charge in [-0.2, -0.15) is 0 Å². The van der Waals surface area contributed by atoms with Gasteiger partial charge >= 0.3 is 0 Å². The molecule has 100 valence electrons. The van der Waals surface area contributed by atoms with Crippen LogP contribution in [0, 0.1) is 0 Å². The van der Waals surface area contributed by atoms with Gasteiger partial charge in [-0.3, -0.25) is 0 Å². The van der Waals surface area contributed by atoms with E-state index in [9.17, 15) is 0 Å². The van der Waals surface area contributed by atoms with Gasteiger partial charge in [-0.15, -0.1) is 0 Å². The first kappa shape index (κ1) is 13.8. The molecule has 0 spiro atoms. The zero-order valence-electron chi connectivity index (χ0n) is 11.3. The van der Waals surface area contributed by atoms with Gasteiger partial charge in [0.1, 0.15) is 0 Å². The number of anilines is 3. The van der Waals surface area contributed by atoms with Crippen LogP contribution in [-0.2, 0) is 0 Å². The first-order valence-electron chi connectivity index (χ1n) is 6.14. The van der Waals surface area contributed by atoms with Gasteiger partial charge in [0.25, 0.3) is 0 Å². The largest absolute Gasteiger partial charge is 0.372 e. The fourth-order valence-electron chi connectivity index (χ4n) is 1.61. The van der Waals surface area contributed by atoms with E-state index >= 15 is 0 Å². The summed E-state index contributed by atoms with van der Waals surface area (Å²) in [6, 6.07) is 8.66. The van der Waals surface area contributed by atoms with Crippen molar-refractivity contribution in [1.29, 1.82) is 0 Å². The molecule has 1 N–H and O–H groups in total. The molecule has 0 fully saturated rings. The molecule has 5 heteroatoms. The normalized spacial score (nSPS) is 10.6. The fourth-order valence-corrected chi connectivity index (χ4v) is 1.81. The third-order valence-electron chi connectivity index (χ3n) is 2.90. The molecule has 1 heterocycles.